The van der Waals surface area contributed by atoms with Gasteiger partial charge in [-0.3, -0.25) is 4.79 Å². The van der Waals surface area contributed by atoms with Gasteiger partial charge in [0.15, 0.2) is 11.4 Å². The summed E-state index contributed by atoms with van der Waals surface area (Å²) in [5.41, 5.74) is 2.85. The fourth-order valence-corrected chi connectivity index (χ4v) is 4.37. The molecule has 0 saturated carbocycles. The Labute approximate surface area is 310 Å². The second-order valence-electron chi connectivity index (χ2n) is 10.4. The predicted octanol–water partition coefficient (Wildman–Crippen LogP) is 5.54. The molecule has 1 N–H and O–H groups in total. The average Bonchev–Trinajstić information content (AvgIpc) is 3.17. The standard InChI is InChI=1S/C18H16F3NO4.C18H25N5O5/c1-24-11-14(17(23)25-2)13-7-4-3-6-12(13)10-26-16-9-5-8-15(22-16)18(19,20)21;1-12(20-25-4)16(22-26-5)13(2)21-28-11-14-9-7-8-10-15(14)17(23-27-6)18(24)19-3/h3-9,11H,10H2,1-2H3;7-10H,11H2,1-6H3,(H,19,24)/b14-11+;20-12+,21-13+,22-16+,23-17+. The SMILES string of the molecule is CNC(=O)/C(=N/OC)c1ccccc1CO/N=C(C)/C(=N/OC)C(/C)=N/OC.CO/C=C(/C(=O)OC)c1ccccc1COc1cccc(C(F)(F)F)n1. The summed E-state index contributed by atoms with van der Waals surface area (Å²) in [5, 5.41) is 18.1. The maximum atomic E-state index is 12.7. The third-order valence-electron chi connectivity index (χ3n) is 6.75. The highest BCUT2D eigenvalue weighted by atomic mass is 19.4. The summed E-state index contributed by atoms with van der Waals surface area (Å²) in [6.07, 6.45) is -3.33. The molecule has 1 heterocycles. The van der Waals surface area contributed by atoms with Crippen molar-refractivity contribution >= 4 is 40.3 Å². The van der Waals surface area contributed by atoms with Gasteiger partial charge >= 0.3 is 12.1 Å². The molecule has 0 fully saturated rings. The first-order chi connectivity index (χ1) is 25.9. The quantitative estimate of drug-likeness (QED) is 0.0643. The van der Waals surface area contributed by atoms with Crippen LogP contribution < -0.4 is 10.1 Å². The zero-order valence-corrected chi connectivity index (χ0v) is 30.9. The molecule has 1 aromatic heterocycles. The maximum Gasteiger partial charge on any atom is 0.433 e. The number of esters is 1. The Kier molecular flexibility index (Phi) is 18.2. The Bertz CT molecular complexity index is 1860. The van der Waals surface area contributed by atoms with Crippen molar-refractivity contribution in [3.8, 4) is 5.88 Å². The van der Waals surface area contributed by atoms with Crippen molar-refractivity contribution in [3.63, 3.8) is 0 Å². The minimum absolute atomic E-state index is 0.0912. The predicted molar refractivity (Wildman–Crippen MR) is 194 cm³/mol. The summed E-state index contributed by atoms with van der Waals surface area (Å²) >= 11 is 0. The molecular formula is C36H41F3N6O9. The van der Waals surface area contributed by atoms with Gasteiger partial charge in [-0.05, 0) is 31.0 Å². The van der Waals surface area contributed by atoms with Crippen molar-refractivity contribution in [2.45, 2.75) is 33.2 Å². The molecule has 0 aliphatic carbocycles. The zero-order chi connectivity index (χ0) is 40.1. The molecule has 3 rings (SSSR count). The lowest BCUT2D eigenvalue weighted by Gasteiger charge is -2.13. The normalized spacial score (nSPS) is 12.5. The number of aromatic nitrogens is 1. The number of ether oxygens (including phenoxy) is 3. The number of nitrogens with one attached hydrogen (secondary N) is 1. The smallest absolute Gasteiger partial charge is 0.433 e. The number of methoxy groups -OCH3 is 2. The largest absolute Gasteiger partial charge is 0.503 e. The van der Waals surface area contributed by atoms with Gasteiger partial charge in [0.05, 0.1) is 20.5 Å². The van der Waals surface area contributed by atoms with Gasteiger partial charge in [-0.25, -0.2) is 9.78 Å². The number of carbonyl (C=O) groups is 2. The third-order valence-corrected chi connectivity index (χ3v) is 6.75. The van der Waals surface area contributed by atoms with Gasteiger partial charge in [0.25, 0.3) is 5.91 Å². The summed E-state index contributed by atoms with van der Waals surface area (Å²) in [7, 11) is 8.35. The molecule has 18 heteroatoms. The second-order valence-corrected chi connectivity index (χ2v) is 10.4. The van der Waals surface area contributed by atoms with E-state index in [2.05, 4.69) is 30.9 Å². The van der Waals surface area contributed by atoms with E-state index in [9.17, 15) is 22.8 Å². The number of benzene rings is 2. The molecule has 290 valence electrons. The molecule has 15 nitrogen and oxygen atoms in total. The monoisotopic (exact) mass is 758 g/mol. The third kappa shape index (κ3) is 13.3. The lowest BCUT2D eigenvalue weighted by atomic mass is 10.0. The van der Waals surface area contributed by atoms with E-state index >= 15 is 0 Å². The molecule has 0 aliphatic rings. The van der Waals surface area contributed by atoms with E-state index in [1.165, 1.54) is 61.0 Å². The van der Waals surface area contributed by atoms with E-state index < -0.39 is 17.8 Å². The molecule has 0 spiro atoms. The molecule has 0 aliphatic heterocycles. The van der Waals surface area contributed by atoms with Crippen LogP contribution in [0.25, 0.3) is 5.57 Å². The number of halogens is 3. The van der Waals surface area contributed by atoms with E-state index in [0.717, 1.165) is 6.07 Å². The number of oxime groups is 4. The molecule has 0 atom stereocenters. The molecule has 0 unspecified atom stereocenters. The van der Waals surface area contributed by atoms with Crippen LogP contribution in [0.3, 0.4) is 0 Å². The van der Waals surface area contributed by atoms with Crippen LogP contribution >= 0.6 is 0 Å². The fourth-order valence-electron chi connectivity index (χ4n) is 4.37. The van der Waals surface area contributed by atoms with Crippen LogP contribution in [0.15, 0.2) is 93.6 Å². The van der Waals surface area contributed by atoms with Gasteiger partial charge in [-0.1, -0.05) is 75.2 Å². The summed E-state index contributed by atoms with van der Waals surface area (Å²) < 4.78 is 53.2. The van der Waals surface area contributed by atoms with Gasteiger partial charge < -0.3 is 38.9 Å². The van der Waals surface area contributed by atoms with Gasteiger partial charge in [-0.15, -0.1) is 0 Å². The molecule has 3 aromatic rings. The minimum atomic E-state index is -4.56. The Morgan fingerprint density at radius 1 is 0.759 bits per heavy atom. The fraction of sp³-hybridized carbons (Fsp3) is 0.306. The first-order valence-electron chi connectivity index (χ1n) is 15.7. The number of alkyl halides is 3. The number of hydrogen-bond donors (Lipinski definition) is 1. The van der Waals surface area contributed by atoms with Crippen molar-refractivity contribution in [2.75, 3.05) is 42.6 Å². The van der Waals surface area contributed by atoms with Crippen LogP contribution in [-0.2, 0) is 57.8 Å². The van der Waals surface area contributed by atoms with Gasteiger partial charge in [0.1, 0.15) is 57.2 Å². The summed E-state index contributed by atoms with van der Waals surface area (Å²) in [5.74, 6) is -1.17. The lowest BCUT2D eigenvalue weighted by Crippen LogP contribution is -2.29. The van der Waals surface area contributed by atoms with Crippen LogP contribution in [0, 0.1) is 0 Å². The number of hydrogen-bond acceptors (Lipinski definition) is 14. The van der Waals surface area contributed by atoms with E-state index in [4.69, 9.17) is 33.6 Å². The number of carbonyl (C=O) groups excluding carboxylic acids is 2. The molecule has 2 aromatic carbocycles. The molecule has 0 saturated heterocycles. The number of rotatable bonds is 16. The molecule has 1 amide bonds. The van der Waals surface area contributed by atoms with Crippen molar-refractivity contribution in [1.82, 2.24) is 10.3 Å². The van der Waals surface area contributed by atoms with Gasteiger partial charge in [0.2, 0.25) is 5.88 Å². The number of likely N-dealkylation sites (N-methyl/N-ethyl adjacent to an activating group) is 1. The second kappa shape index (κ2) is 22.5. The summed E-state index contributed by atoms with van der Waals surface area (Å²) in [4.78, 5) is 47.3. The van der Waals surface area contributed by atoms with E-state index in [1.54, 1.807) is 56.3 Å². The van der Waals surface area contributed by atoms with Crippen molar-refractivity contribution in [2.24, 2.45) is 20.6 Å². The van der Waals surface area contributed by atoms with Crippen LogP contribution in [0.1, 0.15) is 41.8 Å². The summed E-state index contributed by atoms with van der Waals surface area (Å²) in [6.45, 7) is 3.39. The Morgan fingerprint density at radius 2 is 1.35 bits per heavy atom. The van der Waals surface area contributed by atoms with Gasteiger partial charge in [-0.2, -0.15) is 13.2 Å². The van der Waals surface area contributed by atoms with Crippen LogP contribution in [0.2, 0.25) is 0 Å². The van der Waals surface area contributed by atoms with Crippen LogP contribution in [-0.4, -0.2) is 82.3 Å². The van der Waals surface area contributed by atoms with Crippen LogP contribution in [0.4, 0.5) is 13.2 Å². The van der Waals surface area contributed by atoms with Crippen molar-refractivity contribution in [3.05, 3.63) is 101 Å². The van der Waals surface area contributed by atoms with Crippen molar-refractivity contribution < 1.29 is 56.3 Å². The highest BCUT2D eigenvalue weighted by Crippen LogP contribution is 2.29. The Morgan fingerprint density at radius 3 is 1.93 bits per heavy atom. The van der Waals surface area contributed by atoms with Gasteiger partial charge in [0, 0.05) is 24.2 Å². The lowest BCUT2D eigenvalue weighted by molar-refractivity contribution is -0.141. The van der Waals surface area contributed by atoms with E-state index in [0.29, 0.717) is 39.4 Å². The van der Waals surface area contributed by atoms with E-state index in [-0.39, 0.29) is 36.3 Å². The average molecular weight is 759 g/mol. The highest BCUT2D eigenvalue weighted by molar-refractivity contribution is 6.67. The maximum absolute atomic E-state index is 12.7. The first kappa shape index (κ1) is 43.7. The topological polar surface area (TPSA) is 173 Å². The molecule has 54 heavy (non-hydrogen) atoms. The Hall–Kier alpha value is -6.46. The number of nitrogens with zero attached hydrogens (tertiary/aromatic N) is 5. The number of pyridine rings is 1. The minimum Gasteiger partial charge on any atom is -0.503 e. The summed E-state index contributed by atoms with van der Waals surface area (Å²) in [6, 6.07) is 17.3. The van der Waals surface area contributed by atoms with E-state index in [1.807, 2.05) is 6.07 Å². The first-order valence-corrected chi connectivity index (χ1v) is 15.7. The molecule has 0 radical (unpaired) electrons. The zero-order valence-electron chi connectivity index (χ0n) is 30.9. The highest BCUT2D eigenvalue weighted by Gasteiger charge is 2.32. The molecular weight excluding hydrogens is 717 g/mol. The Balaban J connectivity index is 0.000000374. The van der Waals surface area contributed by atoms with Crippen molar-refractivity contribution in [1.29, 1.82) is 0 Å². The van der Waals surface area contributed by atoms with Crippen LogP contribution in [0.5, 0.6) is 5.88 Å². The molecule has 0 bridgehead atoms. The number of amides is 1.